The lowest BCUT2D eigenvalue weighted by Crippen LogP contribution is -2.37. The molecule has 0 unspecified atom stereocenters. The Morgan fingerprint density at radius 3 is 2.93 bits per heavy atom. The molecule has 150 valence electrons. The van der Waals surface area contributed by atoms with E-state index in [1.807, 2.05) is 46.7 Å². The SMILES string of the molecule is O=C(c1ccccn1)N(Cc1cccc(OCc2ccsc2)c1)C[C@@H]1CCCO1. The van der Waals surface area contributed by atoms with Crippen molar-refractivity contribution in [1.29, 1.82) is 0 Å². The highest BCUT2D eigenvalue weighted by Crippen LogP contribution is 2.20. The number of carbonyl (C=O) groups excluding carboxylic acids is 1. The van der Waals surface area contributed by atoms with Crippen LogP contribution in [0.15, 0.2) is 65.5 Å². The molecule has 5 nitrogen and oxygen atoms in total. The van der Waals surface area contributed by atoms with E-state index in [0.29, 0.717) is 25.4 Å². The summed E-state index contributed by atoms with van der Waals surface area (Å²) >= 11 is 1.66. The van der Waals surface area contributed by atoms with Crippen LogP contribution in [0.25, 0.3) is 0 Å². The quantitative estimate of drug-likeness (QED) is 0.549. The van der Waals surface area contributed by atoms with Crippen molar-refractivity contribution in [2.24, 2.45) is 0 Å². The van der Waals surface area contributed by atoms with E-state index in [-0.39, 0.29) is 12.0 Å². The molecule has 1 amide bonds. The standard InChI is InChI=1S/C23H24N2O3S/c26-23(22-8-1-2-10-24-22)25(15-21-7-4-11-27-21)14-18-5-3-6-20(13-18)28-16-19-9-12-29-17-19/h1-3,5-6,8-10,12-13,17,21H,4,7,11,14-16H2/t21-/m0/s1. The normalized spacial score (nSPS) is 15.9. The van der Waals surface area contributed by atoms with Gasteiger partial charge < -0.3 is 14.4 Å². The zero-order valence-corrected chi connectivity index (χ0v) is 17.0. The second-order valence-electron chi connectivity index (χ2n) is 7.10. The molecule has 1 aliphatic rings. The zero-order valence-electron chi connectivity index (χ0n) is 16.2. The number of hydrogen-bond acceptors (Lipinski definition) is 5. The summed E-state index contributed by atoms with van der Waals surface area (Å²) in [6, 6.07) is 15.4. The van der Waals surface area contributed by atoms with Crippen molar-refractivity contribution in [3.05, 3.63) is 82.3 Å². The van der Waals surface area contributed by atoms with Gasteiger partial charge in [-0.3, -0.25) is 9.78 Å². The van der Waals surface area contributed by atoms with Crippen molar-refractivity contribution in [2.45, 2.75) is 32.1 Å². The molecular formula is C23H24N2O3S. The average molecular weight is 409 g/mol. The molecular weight excluding hydrogens is 384 g/mol. The zero-order chi connectivity index (χ0) is 19.9. The average Bonchev–Trinajstić information content (AvgIpc) is 3.46. The molecule has 29 heavy (non-hydrogen) atoms. The Labute approximate surface area is 174 Å². The van der Waals surface area contributed by atoms with E-state index in [1.54, 1.807) is 23.6 Å². The van der Waals surface area contributed by atoms with Crippen LogP contribution in [-0.2, 0) is 17.9 Å². The summed E-state index contributed by atoms with van der Waals surface area (Å²) in [7, 11) is 0. The molecule has 1 aromatic carbocycles. The first-order valence-corrected chi connectivity index (χ1v) is 10.8. The van der Waals surface area contributed by atoms with Crippen LogP contribution >= 0.6 is 11.3 Å². The molecule has 1 fully saturated rings. The van der Waals surface area contributed by atoms with E-state index >= 15 is 0 Å². The number of pyridine rings is 1. The van der Waals surface area contributed by atoms with Crippen molar-refractivity contribution in [1.82, 2.24) is 9.88 Å². The fraction of sp³-hybridized carbons (Fsp3) is 0.304. The molecule has 3 aromatic rings. The van der Waals surface area contributed by atoms with Crippen LogP contribution in [0, 0.1) is 0 Å². The van der Waals surface area contributed by atoms with Crippen molar-refractivity contribution < 1.29 is 14.3 Å². The minimum absolute atomic E-state index is 0.0781. The van der Waals surface area contributed by atoms with Crippen LogP contribution < -0.4 is 4.74 Å². The van der Waals surface area contributed by atoms with Gasteiger partial charge in [-0.15, -0.1) is 0 Å². The third-order valence-electron chi connectivity index (χ3n) is 4.88. The van der Waals surface area contributed by atoms with Crippen molar-refractivity contribution in [3.8, 4) is 5.75 Å². The first kappa shape index (κ1) is 19.6. The Morgan fingerprint density at radius 2 is 2.17 bits per heavy atom. The Morgan fingerprint density at radius 1 is 1.21 bits per heavy atom. The highest BCUT2D eigenvalue weighted by molar-refractivity contribution is 7.07. The maximum Gasteiger partial charge on any atom is 0.272 e. The lowest BCUT2D eigenvalue weighted by Gasteiger charge is -2.25. The van der Waals surface area contributed by atoms with E-state index in [0.717, 1.165) is 36.3 Å². The van der Waals surface area contributed by atoms with Crippen molar-refractivity contribution >= 4 is 17.2 Å². The maximum atomic E-state index is 13.1. The molecule has 1 aliphatic heterocycles. The number of benzene rings is 1. The molecule has 1 saturated heterocycles. The van der Waals surface area contributed by atoms with E-state index < -0.39 is 0 Å². The Balaban J connectivity index is 1.47. The molecule has 0 saturated carbocycles. The minimum atomic E-state index is -0.0781. The summed E-state index contributed by atoms with van der Waals surface area (Å²) in [4.78, 5) is 19.1. The van der Waals surface area contributed by atoms with Gasteiger partial charge in [0.15, 0.2) is 0 Å². The molecule has 0 spiro atoms. The van der Waals surface area contributed by atoms with Crippen LogP contribution in [0.2, 0.25) is 0 Å². The molecule has 6 heteroatoms. The topological polar surface area (TPSA) is 51.7 Å². The predicted molar refractivity (Wildman–Crippen MR) is 113 cm³/mol. The lowest BCUT2D eigenvalue weighted by atomic mass is 10.1. The number of amides is 1. The highest BCUT2D eigenvalue weighted by Gasteiger charge is 2.24. The molecule has 3 heterocycles. The van der Waals surface area contributed by atoms with Gasteiger partial charge >= 0.3 is 0 Å². The van der Waals surface area contributed by atoms with Crippen LogP contribution in [-0.4, -0.2) is 35.0 Å². The summed E-state index contributed by atoms with van der Waals surface area (Å²) in [5, 5.41) is 4.13. The number of hydrogen-bond donors (Lipinski definition) is 0. The summed E-state index contributed by atoms with van der Waals surface area (Å²) in [5.41, 5.74) is 2.64. The maximum absolute atomic E-state index is 13.1. The number of carbonyl (C=O) groups is 1. The molecule has 2 aromatic heterocycles. The van der Waals surface area contributed by atoms with E-state index in [9.17, 15) is 4.79 Å². The number of ether oxygens (including phenoxy) is 2. The molecule has 0 aliphatic carbocycles. The predicted octanol–water partition coefficient (Wildman–Crippen LogP) is 4.54. The van der Waals surface area contributed by atoms with Gasteiger partial charge in [0.05, 0.1) is 6.10 Å². The highest BCUT2D eigenvalue weighted by atomic mass is 32.1. The van der Waals surface area contributed by atoms with Crippen molar-refractivity contribution in [2.75, 3.05) is 13.2 Å². The smallest absolute Gasteiger partial charge is 0.272 e. The number of aromatic nitrogens is 1. The van der Waals surface area contributed by atoms with Crippen LogP contribution in [0.1, 0.15) is 34.5 Å². The largest absolute Gasteiger partial charge is 0.489 e. The molecule has 0 radical (unpaired) electrons. The van der Waals surface area contributed by atoms with Crippen molar-refractivity contribution in [3.63, 3.8) is 0 Å². The van der Waals surface area contributed by atoms with Gasteiger partial charge in [-0.2, -0.15) is 11.3 Å². The van der Waals surface area contributed by atoms with Gasteiger partial charge in [0.2, 0.25) is 0 Å². The molecule has 0 N–H and O–H groups in total. The molecule has 0 bridgehead atoms. The summed E-state index contributed by atoms with van der Waals surface area (Å²) in [6.07, 6.45) is 3.76. The van der Waals surface area contributed by atoms with E-state index in [2.05, 4.69) is 16.4 Å². The fourth-order valence-electron chi connectivity index (χ4n) is 3.40. The van der Waals surface area contributed by atoms with Crippen LogP contribution in [0.5, 0.6) is 5.75 Å². The first-order valence-electron chi connectivity index (χ1n) is 9.82. The fourth-order valence-corrected chi connectivity index (χ4v) is 4.05. The number of rotatable bonds is 8. The van der Waals surface area contributed by atoms with Gasteiger partial charge in [0, 0.05) is 25.9 Å². The third kappa shape index (κ3) is 5.43. The summed E-state index contributed by atoms with van der Waals surface area (Å²) < 4.78 is 11.7. The van der Waals surface area contributed by atoms with Gasteiger partial charge in [0.25, 0.3) is 5.91 Å². The second kappa shape index (κ2) is 9.67. The minimum Gasteiger partial charge on any atom is -0.489 e. The van der Waals surface area contributed by atoms with Gasteiger partial charge in [-0.25, -0.2) is 0 Å². The molecule has 1 atom stereocenters. The van der Waals surface area contributed by atoms with Gasteiger partial charge in [-0.05, 0) is 65.1 Å². The number of nitrogens with zero attached hydrogens (tertiary/aromatic N) is 2. The summed E-state index contributed by atoms with van der Waals surface area (Å²) in [6.45, 7) is 2.36. The van der Waals surface area contributed by atoms with Gasteiger partial charge in [0.1, 0.15) is 18.1 Å². The Bertz CT molecular complexity index is 909. The molecule has 4 rings (SSSR count). The number of thiophene rings is 1. The first-order chi connectivity index (χ1) is 14.3. The summed E-state index contributed by atoms with van der Waals surface area (Å²) in [5.74, 6) is 0.724. The van der Waals surface area contributed by atoms with Crippen LogP contribution in [0.3, 0.4) is 0 Å². The lowest BCUT2D eigenvalue weighted by molar-refractivity contribution is 0.0502. The Kier molecular flexibility index (Phi) is 6.54. The van der Waals surface area contributed by atoms with E-state index in [4.69, 9.17) is 9.47 Å². The van der Waals surface area contributed by atoms with E-state index in [1.165, 1.54) is 0 Å². The third-order valence-corrected chi connectivity index (χ3v) is 5.61. The Hall–Kier alpha value is -2.70. The van der Waals surface area contributed by atoms with Crippen LogP contribution in [0.4, 0.5) is 0 Å². The second-order valence-corrected chi connectivity index (χ2v) is 7.88. The monoisotopic (exact) mass is 408 g/mol. The van der Waals surface area contributed by atoms with Gasteiger partial charge in [-0.1, -0.05) is 18.2 Å².